The molecule has 0 radical (unpaired) electrons. The zero-order chi connectivity index (χ0) is 18.6. The van der Waals surface area contributed by atoms with Gasteiger partial charge in [-0.15, -0.1) is 0 Å². The lowest BCUT2D eigenvalue weighted by Crippen LogP contribution is -2.28. The van der Waals surface area contributed by atoms with E-state index in [0.717, 1.165) is 21.3 Å². The molecule has 2 aromatic rings. The van der Waals surface area contributed by atoms with Crippen LogP contribution >= 0.6 is 22.6 Å². The summed E-state index contributed by atoms with van der Waals surface area (Å²) in [6, 6.07) is 7.25. The summed E-state index contributed by atoms with van der Waals surface area (Å²) < 4.78 is 28.2. The molecule has 25 heavy (non-hydrogen) atoms. The Hall–Kier alpha value is -1.78. The van der Waals surface area contributed by atoms with Crippen LogP contribution in [0.4, 0.5) is 20.2 Å². The van der Waals surface area contributed by atoms with Crippen molar-refractivity contribution in [3.05, 3.63) is 56.7 Å². The molecule has 0 saturated carbocycles. The van der Waals surface area contributed by atoms with Gasteiger partial charge in [0.15, 0.2) is 11.6 Å². The van der Waals surface area contributed by atoms with Gasteiger partial charge in [-0.1, -0.05) is 0 Å². The number of hydroxylamine groups is 1. The van der Waals surface area contributed by atoms with Crippen LogP contribution in [0.2, 0.25) is 0 Å². The molecule has 0 aliphatic heterocycles. The molecule has 0 heterocycles. The minimum Gasteiger partial charge on any atom is -0.391 e. The minimum absolute atomic E-state index is 0.0985. The summed E-state index contributed by atoms with van der Waals surface area (Å²) in [5.74, 6) is -2.98. The van der Waals surface area contributed by atoms with Gasteiger partial charge in [-0.25, -0.2) is 14.3 Å². The quantitative estimate of drug-likeness (QED) is 0.453. The van der Waals surface area contributed by atoms with E-state index < -0.39 is 23.6 Å². The number of aliphatic hydroxyl groups excluding tert-OH is 1. The van der Waals surface area contributed by atoms with Gasteiger partial charge in [0.1, 0.15) is 6.61 Å². The number of carbonyl (C=O) groups is 1. The van der Waals surface area contributed by atoms with Gasteiger partial charge >= 0.3 is 0 Å². The van der Waals surface area contributed by atoms with E-state index in [2.05, 4.69) is 33.4 Å². The lowest BCUT2D eigenvalue weighted by atomic mass is 10.1. The molecule has 1 unspecified atom stereocenters. The van der Waals surface area contributed by atoms with E-state index >= 15 is 0 Å². The van der Waals surface area contributed by atoms with Crippen molar-refractivity contribution in [2.24, 2.45) is 0 Å². The van der Waals surface area contributed by atoms with Crippen LogP contribution < -0.4 is 10.8 Å². The number of aryl methyl sites for hydroxylation is 1. The second-order valence-electron chi connectivity index (χ2n) is 5.49. The molecule has 134 valence electrons. The molecule has 1 amide bonds. The fourth-order valence-corrected chi connectivity index (χ4v) is 2.68. The van der Waals surface area contributed by atoms with Crippen molar-refractivity contribution in [3.8, 4) is 0 Å². The molecule has 0 aliphatic rings. The summed E-state index contributed by atoms with van der Waals surface area (Å²) in [4.78, 5) is 17.0. The second-order valence-corrected chi connectivity index (χ2v) is 6.73. The molecule has 0 bridgehead atoms. The lowest BCUT2D eigenvalue weighted by Gasteiger charge is -2.15. The number of carbonyl (C=O) groups excluding carboxylic acids is 1. The number of hydrogen-bond donors (Lipinski definition) is 3. The number of hydrogen-bond acceptors (Lipinski definition) is 4. The van der Waals surface area contributed by atoms with Crippen LogP contribution in [0, 0.1) is 22.1 Å². The van der Waals surface area contributed by atoms with E-state index in [1.54, 1.807) is 6.07 Å². The number of amides is 1. The molecule has 0 aromatic heterocycles. The van der Waals surface area contributed by atoms with Crippen LogP contribution in [0.25, 0.3) is 0 Å². The molecule has 1 atom stereocenters. The zero-order valence-corrected chi connectivity index (χ0v) is 15.7. The maximum atomic E-state index is 13.6. The fraction of sp³-hybridized carbons (Fsp3) is 0.235. The van der Waals surface area contributed by atoms with Crippen molar-refractivity contribution in [2.45, 2.75) is 20.0 Å². The Morgan fingerprint density at radius 2 is 1.92 bits per heavy atom. The Labute approximate surface area is 157 Å². The second kappa shape index (κ2) is 8.54. The molecule has 2 rings (SSSR count). The maximum absolute atomic E-state index is 13.6. The van der Waals surface area contributed by atoms with Gasteiger partial charge < -0.3 is 10.4 Å². The van der Waals surface area contributed by atoms with Crippen molar-refractivity contribution in [2.75, 3.05) is 11.9 Å². The highest BCUT2D eigenvalue weighted by Gasteiger charge is 2.17. The first kappa shape index (κ1) is 19.5. The van der Waals surface area contributed by atoms with Crippen LogP contribution in [0.15, 0.2) is 30.3 Å². The van der Waals surface area contributed by atoms with Gasteiger partial charge in [-0.2, -0.15) is 0 Å². The normalized spacial score (nSPS) is 11.9. The predicted octanol–water partition coefficient (Wildman–Crippen LogP) is 3.66. The van der Waals surface area contributed by atoms with Gasteiger partial charge in [0, 0.05) is 15.3 Å². The smallest absolute Gasteiger partial charge is 0.277 e. The Morgan fingerprint density at radius 1 is 1.24 bits per heavy atom. The first-order chi connectivity index (χ1) is 11.8. The Kier molecular flexibility index (Phi) is 6.68. The summed E-state index contributed by atoms with van der Waals surface area (Å²) in [5, 5.41) is 12.1. The fourth-order valence-electron chi connectivity index (χ4n) is 2.03. The maximum Gasteiger partial charge on any atom is 0.277 e. The standard InChI is InChI=1S/C17H17F2IN2O3/c1-9-5-11(20)3-4-15(9)21-16-7-14(19)13(18)6-12(16)17(24)22-25-8-10(2)23/h3-7,10,21,23H,8H2,1-2H3,(H,22,24). The molecule has 0 fully saturated rings. The van der Waals surface area contributed by atoms with Crippen molar-refractivity contribution >= 4 is 39.9 Å². The summed E-state index contributed by atoms with van der Waals surface area (Å²) in [6.07, 6.45) is -0.780. The molecule has 8 heteroatoms. The summed E-state index contributed by atoms with van der Waals surface area (Å²) in [6.45, 7) is 3.21. The lowest BCUT2D eigenvalue weighted by molar-refractivity contribution is -0.00684. The third-order valence-corrected chi connectivity index (χ3v) is 3.92. The SMILES string of the molecule is Cc1cc(I)ccc1Nc1cc(F)c(F)cc1C(=O)NOCC(C)O. The van der Waals surface area contributed by atoms with E-state index in [1.807, 2.05) is 19.1 Å². The molecule has 2 aromatic carbocycles. The van der Waals surface area contributed by atoms with E-state index in [0.29, 0.717) is 5.69 Å². The van der Waals surface area contributed by atoms with E-state index in [-0.39, 0.29) is 17.9 Å². The number of anilines is 2. The average molecular weight is 462 g/mol. The molecule has 5 nitrogen and oxygen atoms in total. The molecule has 0 saturated heterocycles. The van der Waals surface area contributed by atoms with Crippen LogP contribution in [0.1, 0.15) is 22.8 Å². The number of benzene rings is 2. The minimum atomic E-state index is -1.15. The number of rotatable bonds is 6. The van der Waals surface area contributed by atoms with Gasteiger partial charge in [0.25, 0.3) is 5.91 Å². The number of aliphatic hydroxyl groups is 1. The Morgan fingerprint density at radius 3 is 2.56 bits per heavy atom. The van der Waals surface area contributed by atoms with Crippen molar-refractivity contribution < 1.29 is 23.5 Å². The molecular weight excluding hydrogens is 445 g/mol. The highest BCUT2D eigenvalue weighted by atomic mass is 127. The molecule has 3 N–H and O–H groups in total. The monoisotopic (exact) mass is 462 g/mol. The Balaban J connectivity index is 2.30. The van der Waals surface area contributed by atoms with Crippen LogP contribution in [-0.2, 0) is 4.84 Å². The molecular formula is C17H17F2IN2O3. The predicted molar refractivity (Wildman–Crippen MR) is 98.6 cm³/mol. The summed E-state index contributed by atoms with van der Waals surface area (Å²) >= 11 is 2.16. The third-order valence-electron chi connectivity index (χ3n) is 3.25. The average Bonchev–Trinajstić information content (AvgIpc) is 2.52. The van der Waals surface area contributed by atoms with Gasteiger partial charge in [-0.05, 0) is 66.3 Å². The third kappa shape index (κ3) is 5.35. The highest BCUT2D eigenvalue weighted by Crippen LogP contribution is 2.27. The largest absolute Gasteiger partial charge is 0.391 e. The summed E-state index contributed by atoms with van der Waals surface area (Å²) in [5.41, 5.74) is 3.61. The van der Waals surface area contributed by atoms with Crippen molar-refractivity contribution in [1.29, 1.82) is 0 Å². The topological polar surface area (TPSA) is 70.6 Å². The number of halogens is 3. The van der Waals surface area contributed by atoms with Crippen molar-refractivity contribution in [1.82, 2.24) is 5.48 Å². The van der Waals surface area contributed by atoms with Crippen molar-refractivity contribution in [3.63, 3.8) is 0 Å². The van der Waals surface area contributed by atoms with Gasteiger partial charge in [-0.3, -0.25) is 9.63 Å². The van der Waals surface area contributed by atoms with E-state index in [4.69, 9.17) is 9.94 Å². The molecule has 0 spiro atoms. The first-order valence-corrected chi connectivity index (χ1v) is 8.48. The summed E-state index contributed by atoms with van der Waals surface area (Å²) in [7, 11) is 0. The van der Waals surface area contributed by atoms with E-state index in [9.17, 15) is 13.6 Å². The van der Waals surface area contributed by atoms with Crippen LogP contribution in [0.5, 0.6) is 0 Å². The Bertz CT molecular complexity index is 785. The van der Waals surface area contributed by atoms with Crippen LogP contribution in [-0.4, -0.2) is 23.7 Å². The molecule has 0 aliphatic carbocycles. The first-order valence-electron chi connectivity index (χ1n) is 7.40. The zero-order valence-electron chi connectivity index (χ0n) is 13.6. The van der Waals surface area contributed by atoms with E-state index in [1.165, 1.54) is 6.92 Å². The number of nitrogens with one attached hydrogen (secondary N) is 2. The van der Waals surface area contributed by atoms with Gasteiger partial charge in [0.2, 0.25) is 0 Å². The van der Waals surface area contributed by atoms with Crippen LogP contribution in [0.3, 0.4) is 0 Å². The highest BCUT2D eigenvalue weighted by molar-refractivity contribution is 14.1. The van der Waals surface area contributed by atoms with Gasteiger partial charge in [0.05, 0.1) is 17.4 Å².